The molecule has 2 aromatic carbocycles. The number of carbonyl (C=O) groups is 2. The molecule has 1 aromatic heterocycles. The van der Waals surface area contributed by atoms with Crippen molar-refractivity contribution in [1.29, 1.82) is 5.26 Å². The minimum Gasteiger partial charge on any atom is -0.497 e. The number of methoxy groups -OCH3 is 1. The van der Waals surface area contributed by atoms with E-state index in [1.54, 1.807) is 31.4 Å². The van der Waals surface area contributed by atoms with Crippen LogP contribution in [-0.2, 0) is 9.59 Å². The van der Waals surface area contributed by atoms with E-state index < -0.39 is 5.92 Å². The summed E-state index contributed by atoms with van der Waals surface area (Å²) in [7, 11) is 1.57. The number of rotatable bonds is 8. The number of hydrogen-bond donors (Lipinski definition) is 3. The van der Waals surface area contributed by atoms with Gasteiger partial charge in [0.1, 0.15) is 5.75 Å². The fraction of sp³-hybridized carbons (Fsp3) is 0.148. The first-order valence-corrected chi connectivity index (χ1v) is 12.9. The summed E-state index contributed by atoms with van der Waals surface area (Å²) < 4.78 is 5.20. The van der Waals surface area contributed by atoms with E-state index in [-0.39, 0.29) is 17.6 Å². The minimum atomic E-state index is -0.538. The van der Waals surface area contributed by atoms with Crippen LogP contribution in [0, 0.1) is 11.3 Å². The predicted octanol–water partition coefficient (Wildman–Crippen LogP) is 5.46. The highest BCUT2D eigenvalue weighted by molar-refractivity contribution is 8.03. The Bertz CT molecular complexity index is 1360. The van der Waals surface area contributed by atoms with Gasteiger partial charge in [-0.1, -0.05) is 42.1 Å². The molecule has 2 heterocycles. The normalized spacial score (nSPS) is 15.1. The van der Waals surface area contributed by atoms with Gasteiger partial charge in [-0.3, -0.25) is 9.59 Å². The molecule has 3 aromatic rings. The lowest BCUT2D eigenvalue weighted by molar-refractivity contribution is -0.114. The zero-order valence-corrected chi connectivity index (χ0v) is 21.3. The Hall–Kier alpha value is -4.00. The van der Waals surface area contributed by atoms with Crippen LogP contribution >= 0.6 is 23.1 Å². The lowest BCUT2D eigenvalue weighted by Crippen LogP contribution is -2.30. The van der Waals surface area contributed by atoms with Crippen molar-refractivity contribution in [3.63, 3.8) is 0 Å². The van der Waals surface area contributed by atoms with Crippen LogP contribution in [0.5, 0.6) is 5.75 Å². The molecule has 1 aliphatic heterocycles. The molecular weight excluding hydrogens is 492 g/mol. The maximum atomic E-state index is 13.4. The van der Waals surface area contributed by atoms with E-state index >= 15 is 0 Å². The van der Waals surface area contributed by atoms with E-state index in [1.165, 1.54) is 23.1 Å². The molecule has 9 heteroatoms. The number of hydrogen-bond acceptors (Lipinski definition) is 7. The molecule has 36 heavy (non-hydrogen) atoms. The highest BCUT2D eigenvalue weighted by Gasteiger charge is 2.35. The Morgan fingerprint density at radius 2 is 1.86 bits per heavy atom. The third-order valence-electron chi connectivity index (χ3n) is 5.45. The number of nitrogens with one attached hydrogen (secondary N) is 3. The zero-order chi connectivity index (χ0) is 25.5. The molecule has 0 spiro atoms. The molecule has 0 radical (unpaired) electrons. The number of allylic oxidation sites excluding steroid dienone is 2. The number of ether oxygens (including phenoxy) is 1. The molecule has 3 N–H and O–H groups in total. The van der Waals surface area contributed by atoms with Gasteiger partial charge in [-0.05, 0) is 42.6 Å². The van der Waals surface area contributed by atoms with Crippen molar-refractivity contribution in [2.45, 2.75) is 12.8 Å². The number of nitrogens with zero attached hydrogens (tertiary/aromatic N) is 1. The summed E-state index contributed by atoms with van der Waals surface area (Å²) >= 11 is 2.71. The van der Waals surface area contributed by atoms with Gasteiger partial charge in [-0.25, -0.2) is 0 Å². The van der Waals surface area contributed by atoms with Gasteiger partial charge in [-0.15, -0.1) is 11.3 Å². The Balaban J connectivity index is 1.56. The Labute approximate surface area is 217 Å². The van der Waals surface area contributed by atoms with Crippen LogP contribution in [0.15, 0.2) is 94.0 Å². The molecule has 0 bridgehead atoms. The minimum absolute atomic E-state index is 0.0840. The van der Waals surface area contributed by atoms with Crippen LogP contribution in [0.2, 0.25) is 0 Å². The number of dihydropyridines is 1. The summed E-state index contributed by atoms with van der Waals surface area (Å²) in [5.41, 5.74) is 2.81. The maximum Gasteiger partial charge on any atom is 0.254 e. The van der Waals surface area contributed by atoms with Gasteiger partial charge in [0.15, 0.2) is 0 Å². The van der Waals surface area contributed by atoms with Crippen molar-refractivity contribution in [2.24, 2.45) is 0 Å². The largest absolute Gasteiger partial charge is 0.497 e. The summed E-state index contributed by atoms with van der Waals surface area (Å²) in [6, 6.07) is 22.4. The second kappa shape index (κ2) is 11.6. The van der Waals surface area contributed by atoms with Crippen LogP contribution in [0.25, 0.3) is 0 Å². The molecule has 2 amide bonds. The first-order chi connectivity index (χ1) is 17.5. The van der Waals surface area contributed by atoms with Crippen molar-refractivity contribution in [3.05, 3.63) is 98.9 Å². The third-order valence-corrected chi connectivity index (χ3v) is 7.41. The van der Waals surface area contributed by atoms with Crippen LogP contribution in [-0.4, -0.2) is 24.7 Å². The van der Waals surface area contributed by atoms with Gasteiger partial charge in [0.25, 0.3) is 5.91 Å². The third kappa shape index (κ3) is 5.79. The first kappa shape index (κ1) is 25.1. The number of benzene rings is 2. The molecule has 182 valence electrons. The Morgan fingerprint density at radius 1 is 1.08 bits per heavy atom. The van der Waals surface area contributed by atoms with Gasteiger partial charge in [0.05, 0.1) is 35.5 Å². The maximum absolute atomic E-state index is 13.4. The van der Waals surface area contributed by atoms with Crippen molar-refractivity contribution < 1.29 is 14.3 Å². The Morgan fingerprint density at radius 3 is 2.56 bits per heavy atom. The van der Waals surface area contributed by atoms with E-state index in [0.717, 1.165) is 4.88 Å². The topological polar surface area (TPSA) is 103 Å². The summed E-state index contributed by atoms with van der Waals surface area (Å²) in [5, 5.41) is 21.6. The number of thiophene rings is 1. The monoisotopic (exact) mass is 516 g/mol. The number of anilines is 2. The average Bonchev–Trinajstić information content (AvgIpc) is 3.42. The summed E-state index contributed by atoms with van der Waals surface area (Å²) in [6.07, 6.45) is 0. The van der Waals surface area contributed by atoms with Crippen molar-refractivity contribution >= 4 is 46.3 Å². The number of para-hydroxylation sites is 1. The molecule has 0 aliphatic carbocycles. The number of thioether (sulfide) groups is 1. The highest BCUT2D eigenvalue weighted by Crippen LogP contribution is 2.42. The smallest absolute Gasteiger partial charge is 0.254 e. The van der Waals surface area contributed by atoms with Gasteiger partial charge in [0, 0.05) is 33.6 Å². The molecule has 1 atom stereocenters. The Kier molecular flexibility index (Phi) is 8.10. The summed E-state index contributed by atoms with van der Waals surface area (Å²) in [4.78, 5) is 26.9. The fourth-order valence-corrected chi connectivity index (χ4v) is 5.56. The van der Waals surface area contributed by atoms with Gasteiger partial charge < -0.3 is 20.7 Å². The van der Waals surface area contributed by atoms with Crippen molar-refractivity contribution in [3.8, 4) is 11.8 Å². The molecule has 0 saturated carbocycles. The van der Waals surface area contributed by atoms with E-state index in [2.05, 4.69) is 22.0 Å². The van der Waals surface area contributed by atoms with Crippen LogP contribution in [0.1, 0.15) is 17.7 Å². The number of carbonyl (C=O) groups excluding carboxylic acids is 2. The predicted molar refractivity (Wildman–Crippen MR) is 145 cm³/mol. The molecule has 7 nitrogen and oxygen atoms in total. The standard InChI is InChI=1S/C27H24N4O3S2/c1-17-24(26(33)31-18-8-4-3-5-9-18)25(22-12-7-13-35-22)21(15-28)27(29-17)36-16-23(32)30-19-10-6-11-20(14-19)34-2/h3-14,25,29H,16H2,1-2H3,(H,30,32)(H,31,33). The quantitative estimate of drug-likeness (QED) is 0.367. The lowest BCUT2D eigenvalue weighted by atomic mass is 9.86. The van der Waals surface area contributed by atoms with Crippen molar-refractivity contribution in [2.75, 3.05) is 23.5 Å². The molecule has 1 unspecified atom stereocenters. The summed E-state index contributed by atoms with van der Waals surface area (Å²) in [5.74, 6) is -0.312. The molecule has 0 saturated heterocycles. The van der Waals surface area contributed by atoms with Gasteiger partial charge in [0.2, 0.25) is 5.91 Å². The second-order valence-corrected chi connectivity index (χ2v) is 9.82. The van der Waals surface area contributed by atoms with Gasteiger partial charge in [-0.2, -0.15) is 5.26 Å². The van der Waals surface area contributed by atoms with E-state index in [1.807, 2.05) is 54.8 Å². The summed E-state index contributed by atoms with van der Waals surface area (Å²) in [6.45, 7) is 1.81. The number of amides is 2. The van der Waals surface area contributed by atoms with Gasteiger partial charge >= 0.3 is 0 Å². The highest BCUT2D eigenvalue weighted by atomic mass is 32.2. The number of nitriles is 1. The zero-order valence-electron chi connectivity index (χ0n) is 19.7. The van der Waals surface area contributed by atoms with E-state index in [4.69, 9.17) is 4.74 Å². The van der Waals surface area contributed by atoms with Crippen LogP contribution < -0.4 is 20.7 Å². The molecule has 4 rings (SSSR count). The molecule has 0 fully saturated rings. The average molecular weight is 517 g/mol. The van der Waals surface area contributed by atoms with Crippen LogP contribution in [0.3, 0.4) is 0 Å². The lowest BCUT2D eigenvalue weighted by Gasteiger charge is -2.29. The molecular formula is C27H24N4O3S2. The fourth-order valence-electron chi connectivity index (χ4n) is 3.82. The first-order valence-electron chi connectivity index (χ1n) is 11.1. The van der Waals surface area contributed by atoms with E-state index in [0.29, 0.717) is 39.0 Å². The second-order valence-electron chi connectivity index (χ2n) is 7.86. The SMILES string of the molecule is COc1cccc(NC(=O)CSC2=C(C#N)C(c3cccs3)C(C(=O)Nc3ccccc3)=C(C)N2)c1. The van der Waals surface area contributed by atoms with E-state index in [9.17, 15) is 14.9 Å². The molecule has 1 aliphatic rings. The van der Waals surface area contributed by atoms with Crippen LogP contribution in [0.4, 0.5) is 11.4 Å². The van der Waals surface area contributed by atoms with Crippen molar-refractivity contribution in [1.82, 2.24) is 5.32 Å².